The second-order valence-electron chi connectivity index (χ2n) is 3.48. The SMILES string of the molecule is CONC(=O)CNC(=O)c1ccc2c(c1)OCO2. The second-order valence-corrected chi connectivity index (χ2v) is 3.48. The minimum Gasteiger partial charge on any atom is -0.454 e. The minimum atomic E-state index is -0.438. The Labute approximate surface area is 103 Å². The lowest BCUT2D eigenvalue weighted by molar-refractivity contribution is -0.130. The van der Waals surface area contributed by atoms with Crippen LogP contribution in [-0.4, -0.2) is 32.3 Å². The van der Waals surface area contributed by atoms with Crippen molar-refractivity contribution in [1.29, 1.82) is 0 Å². The van der Waals surface area contributed by atoms with E-state index in [2.05, 4.69) is 15.6 Å². The summed E-state index contributed by atoms with van der Waals surface area (Å²) in [6.45, 7) is -0.0161. The second kappa shape index (κ2) is 5.37. The van der Waals surface area contributed by atoms with Gasteiger partial charge in [-0.1, -0.05) is 0 Å². The summed E-state index contributed by atoms with van der Waals surface area (Å²) in [6.07, 6.45) is 0. The van der Waals surface area contributed by atoms with Gasteiger partial charge in [0.25, 0.3) is 11.8 Å². The van der Waals surface area contributed by atoms with Gasteiger partial charge in [-0.25, -0.2) is 5.48 Å². The van der Waals surface area contributed by atoms with Gasteiger partial charge in [0, 0.05) is 5.56 Å². The summed E-state index contributed by atoms with van der Waals surface area (Å²) in [7, 11) is 1.32. The molecule has 0 aliphatic carbocycles. The molecular formula is C11H12N2O5. The van der Waals surface area contributed by atoms with E-state index >= 15 is 0 Å². The van der Waals surface area contributed by atoms with E-state index in [4.69, 9.17) is 9.47 Å². The average molecular weight is 252 g/mol. The number of benzene rings is 1. The summed E-state index contributed by atoms with van der Waals surface area (Å²) >= 11 is 0. The van der Waals surface area contributed by atoms with Crippen LogP contribution in [0, 0.1) is 0 Å². The minimum absolute atomic E-state index is 0.149. The molecule has 1 aliphatic rings. The highest BCUT2D eigenvalue weighted by atomic mass is 16.7. The number of carbonyl (C=O) groups excluding carboxylic acids is 2. The number of amides is 2. The van der Waals surface area contributed by atoms with Crippen LogP contribution in [0.15, 0.2) is 18.2 Å². The number of fused-ring (bicyclic) bond motifs is 1. The Morgan fingerprint density at radius 1 is 1.33 bits per heavy atom. The Kier molecular flexibility index (Phi) is 3.63. The van der Waals surface area contributed by atoms with Crippen molar-refractivity contribution in [3.63, 3.8) is 0 Å². The van der Waals surface area contributed by atoms with Crippen LogP contribution in [0.3, 0.4) is 0 Å². The molecule has 0 aromatic heterocycles. The Morgan fingerprint density at radius 2 is 2.11 bits per heavy atom. The summed E-state index contributed by atoms with van der Waals surface area (Å²) < 4.78 is 10.3. The zero-order valence-corrected chi connectivity index (χ0v) is 9.69. The number of hydroxylamine groups is 1. The molecule has 1 heterocycles. The molecule has 0 atom stereocenters. The van der Waals surface area contributed by atoms with Gasteiger partial charge in [0.15, 0.2) is 11.5 Å². The largest absolute Gasteiger partial charge is 0.454 e. The number of hydrogen-bond acceptors (Lipinski definition) is 5. The average Bonchev–Trinajstić information content (AvgIpc) is 2.83. The first-order valence-corrected chi connectivity index (χ1v) is 5.20. The van der Waals surface area contributed by atoms with Crippen LogP contribution in [0.4, 0.5) is 0 Å². The van der Waals surface area contributed by atoms with Crippen molar-refractivity contribution in [1.82, 2.24) is 10.8 Å². The van der Waals surface area contributed by atoms with Crippen LogP contribution >= 0.6 is 0 Å². The van der Waals surface area contributed by atoms with Gasteiger partial charge in [0.2, 0.25) is 6.79 Å². The van der Waals surface area contributed by atoms with Crippen molar-refractivity contribution in [2.24, 2.45) is 0 Å². The zero-order chi connectivity index (χ0) is 13.0. The molecular weight excluding hydrogens is 240 g/mol. The van der Waals surface area contributed by atoms with Gasteiger partial charge >= 0.3 is 0 Å². The number of ether oxygens (including phenoxy) is 2. The fourth-order valence-corrected chi connectivity index (χ4v) is 1.45. The molecule has 1 aromatic rings. The molecule has 0 unspecified atom stereocenters. The summed E-state index contributed by atoms with van der Waals surface area (Å²) in [5.74, 6) is 0.304. The fourth-order valence-electron chi connectivity index (χ4n) is 1.45. The quantitative estimate of drug-likeness (QED) is 0.726. The molecule has 2 N–H and O–H groups in total. The maximum atomic E-state index is 11.7. The third-order valence-corrected chi connectivity index (χ3v) is 2.26. The Morgan fingerprint density at radius 3 is 2.89 bits per heavy atom. The highest BCUT2D eigenvalue weighted by Crippen LogP contribution is 2.32. The predicted molar refractivity (Wildman–Crippen MR) is 60.0 cm³/mol. The van der Waals surface area contributed by atoms with Crippen LogP contribution in [0.5, 0.6) is 11.5 Å². The van der Waals surface area contributed by atoms with Crippen molar-refractivity contribution in [3.8, 4) is 11.5 Å². The summed E-state index contributed by atoms with van der Waals surface area (Å²) in [5.41, 5.74) is 2.49. The normalized spacial score (nSPS) is 12.1. The van der Waals surface area contributed by atoms with E-state index < -0.39 is 5.91 Å². The lowest BCUT2D eigenvalue weighted by Crippen LogP contribution is -2.36. The summed E-state index contributed by atoms with van der Waals surface area (Å²) in [6, 6.07) is 4.80. The van der Waals surface area contributed by atoms with E-state index in [0.717, 1.165) is 0 Å². The molecule has 0 saturated carbocycles. The topological polar surface area (TPSA) is 85.9 Å². The van der Waals surface area contributed by atoms with Crippen LogP contribution in [0.1, 0.15) is 10.4 Å². The molecule has 0 saturated heterocycles. The molecule has 0 spiro atoms. The third-order valence-electron chi connectivity index (χ3n) is 2.26. The molecule has 18 heavy (non-hydrogen) atoms. The lowest BCUT2D eigenvalue weighted by Gasteiger charge is -2.05. The van der Waals surface area contributed by atoms with E-state index in [0.29, 0.717) is 17.1 Å². The predicted octanol–water partition coefficient (Wildman–Crippen LogP) is -0.177. The zero-order valence-electron chi connectivity index (χ0n) is 9.69. The van der Waals surface area contributed by atoms with Gasteiger partial charge in [0.05, 0.1) is 13.7 Å². The van der Waals surface area contributed by atoms with Gasteiger partial charge in [-0.05, 0) is 18.2 Å². The summed E-state index contributed by atoms with van der Waals surface area (Å²) in [4.78, 5) is 27.2. The van der Waals surface area contributed by atoms with Crippen molar-refractivity contribution in [2.75, 3.05) is 20.4 Å². The molecule has 0 radical (unpaired) electrons. The van der Waals surface area contributed by atoms with E-state index in [9.17, 15) is 9.59 Å². The van der Waals surface area contributed by atoms with Crippen molar-refractivity contribution >= 4 is 11.8 Å². The molecule has 2 amide bonds. The highest BCUT2D eigenvalue weighted by Gasteiger charge is 2.16. The number of rotatable bonds is 4. The van der Waals surface area contributed by atoms with E-state index in [-0.39, 0.29) is 19.2 Å². The van der Waals surface area contributed by atoms with Crippen molar-refractivity contribution in [2.45, 2.75) is 0 Å². The van der Waals surface area contributed by atoms with Gasteiger partial charge < -0.3 is 14.8 Å². The molecule has 0 fully saturated rings. The van der Waals surface area contributed by atoms with Crippen molar-refractivity contribution < 1.29 is 23.9 Å². The first-order valence-electron chi connectivity index (χ1n) is 5.20. The van der Waals surface area contributed by atoms with Crippen LogP contribution in [0.2, 0.25) is 0 Å². The maximum Gasteiger partial charge on any atom is 0.262 e. The molecule has 96 valence electrons. The maximum absolute atomic E-state index is 11.7. The highest BCUT2D eigenvalue weighted by molar-refractivity contribution is 5.96. The Balaban J connectivity index is 1.95. The molecule has 1 aliphatic heterocycles. The van der Waals surface area contributed by atoms with Gasteiger partial charge in [-0.15, -0.1) is 0 Å². The molecule has 2 rings (SSSR count). The number of hydrogen-bond donors (Lipinski definition) is 2. The number of nitrogens with one attached hydrogen (secondary N) is 2. The Bertz CT molecular complexity index is 475. The van der Waals surface area contributed by atoms with E-state index in [1.54, 1.807) is 18.2 Å². The molecule has 1 aromatic carbocycles. The van der Waals surface area contributed by atoms with Gasteiger partial charge in [-0.2, -0.15) is 0 Å². The molecule has 0 bridgehead atoms. The standard InChI is InChI=1S/C11H12N2O5/c1-16-13-10(14)5-12-11(15)7-2-3-8-9(4-7)18-6-17-8/h2-4H,5-6H2,1H3,(H,12,15)(H,13,14). The molecule has 7 heteroatoms. The first kappa shape index (κ1) is 12.2. The van der Waals surface area contributed by atoms with E-state index in [1.807, 2.05) is 0 Å². The smallest absolute Gasteiger partial charge is 0.262 e. The van der Waals surface area contributed by atoms with Crippen LogP contribution in [-0.2, 0) is 9.63 Å². The Hall–Kier alpha value is -2.28. The monoisotopic (exact) mass is 252 g/mol. The fraction of sp³-hybridized carbons (Fsp3) is 0.273. The lowest BCUT2D eigenvalue weighted by atomic mass is 10.2. The molecule has 7 nitrogen and oxygen atoms in total. The van der Waals surface area contributed by atoms with Crippen LogP contribution in [0.25, 0.3) is 0 Å². The first-order chi connectivity index (χ1) is 8.70. The summed E-state index contributed by atoms with van der Waals surface area (Å²) in [5, 5.41) is 2.45. The van der Waals surface area contributed by atoms with Gasteiger partial charge in [0.1, 0.15) is 0 Å². The van der Waals surface area contributed by atoms with Crippen LogP contribution < -0.4 is 20.3 Å². The third kappa shape index (κ3) is 2.69. The number of carbonyl (C=O) groups is 2. The van der Waals surface area contributed by atoms with Crippen molar-refractivity contribution in [3.05, 3.63) is 23.8 Å². The van der Waals surface area contributed by atoms with Gasteiger partial charge in [-0.3, -0.25) is 14.4 Å². The van der Waals surface area contributed by atoms with E-state index in [1.165, 1.54) is 7.11 Å².